The van der Waals surface area contributed by atoms with E-state index in [-0.39, 0.29) is 4.87 Å². The van der Waals surface area contributed by atoms with E-state index in [1.54, 1.807) is 13.3 Å². The van der Waals surface area contributed by atoms with Crippen LogP contribution in [-0.4, -0.2) is 12.1 Å². The van der Waals surface area contributed by atoms with Crippen molar-refractivity contribution in [3.63, 3.8) is 0 Å². The average Bonchev–Trinajstić information content (AvgIpc) is 2.65. The van der Waals surface area contributed by atoms with Gasteiger partial charge in [-0.05, 0) is 17.7 Å². The molecule has 2 aromatic rings. The summed E-state index contributed by atoms with van der Waals surface area (Å²) < 4.78 is 5.10. The van der Waals surface area contributed by atoms with E-state index in [0.29, 0.717) is 0 Å². The van der Waals surface area contributed by atoms with Gasteiger partial charge in [0.25, 0.3) is 0 Å². The first-order valence-corrected chi connectivity index (χ1v) is 4.94. The van der Waals surface area contributed by atoms with Gasteiger partial charge in [0.15, 0.2) is 0 Å². The van der Waals surface area contributed by atoms with Crippen molar-refractivity contribution >= 4 is 11.3 Å². The van der Waals surface area contributed by atoms with Gasteiger partial charge in [0.1, 0.15) is 5.75 Å². The zero-order chi connectivity index (χ0) is 9.97. The predicted octanol–water partition coefficient (Wildman–Crippen LogP) is 2.11. The van der Waals surface area contributed by atoms with E-state index in [9.17, 15) is 4.79 Å². The molecule has 0 radical (unpaired) electrons. The van der Waals surface area contributed by atoms with Gasteiger partial charge in [-0.15, -0.1) is 0 Å². The lowest BCUT2D eigenvalue weighted by Gasteiger charge is -2.00. The largest absolute Gasteiger partial charge is 0.497 e. The Hall–Kier alpha value is -1.55. The van der Waals surface area contributed by atoms with E-state index in [4.69, 9.17) is 4.74 Å². The molecule has 0 bridgehead atoms. The highest BCUT2D eigenvalue weighted by atomic mass is 32.1. The number of aromatic nitrogens is 1. The van der Waals surface area contributed by atoms with Gasteiger partial charge in [-0.2, -0.15) is 0 Å². The molecule has 72 valence electrons. The zero-order valence-corrected chi connectivity index (χ0v) is 8.43. The van der Waals surface area contributed by atoms with Crippen LogP contribution in [0, 0.1) is 0 Å². The Labute approximate surface area is 85.0 Å². The number of hydrogen-bond acceptors (Lipinski definition) is 3. The molecule has 0 saturated heterocycles. The van der Waals surface area contributed by atoms with Gasteiger partial charge in [-0.25, -0.2) is 0 Å². The van der Waals surface area contributed by atoms with Crippen LogP contribution in [0.4, 0.5) is 0 Å². The van der Waals surface area contributed by atoms with E-state index in [1.165, 1.54) is 11.3 Å². The van der Waals surface area contributed by atoms with Crippen LogP contribution >= 0.6 is 11.3 Å². The number of thiazole rings is 1. The molecule has 0 unspecified atom stereocenters. The molecule has 0 aliphatic heterocycles. The van der Waals surface area contributed by atoms with Crippen LogP contribution in [0.1, 0.15) is 0 Å². The molecular weight excluding hydrogens is 198 g/mol. The van der Waals surface area contributed by atoms with Gasteiger partial charge in [0.2, 0.25) is 0 Å². The number of rotatable bonds is 2. The molecule has 14 heavy (non-hydrogen) atoms. The molecule has 2 rings (SSSR count). The van der Waals surface area contributed by atoms with Crippen molar-refractivity contribution in [3.05, 3.63) is 40.1 Å². The summed E-state index contributed by atoms with van der Waals surface area (Å²) in [6.45, 7) is 0. The highest BCUT2D eigenvalue weighted by Crippen LogP contribution is 2.24. The maximum absolute atomic E-state index is 10.9. The van der Waals surface area contributed by atoms with Gasteiger partial charge in [-0.1, -0.05) is 23.5 Å². The standard InChI is InChI=1S/C10H9NO2S/c1-13-8-4-2-3-7(5-8)9-6-11-10(12)14-9/h2-6H,1H3,(H,11,12). The van der Waals surface area contributed by atoms with Gasteiger partial charge in [-0.3, -0.25) is 4.79 Å². The van der Waals surface area contributed by atoms with Crippen LogP contribution in [0.3, 0.4) is 0 Å². The fourth-order valence-corrected chi connectivity index (χ4v) is 1.88. The Morgan fingerprint density at radius 3 is 2.93 bits per heavy atom. The lowest BCUT2D eigenvalue weighted by Crippen LogP contribution is -1.88. The summed E-state index contributed by atoms with van der Waals surface area (Å²) in [5.74, 6) is 0.795. The summed E-state index contributed by atoms with van der Waals surface area (Å²) in [7, 11) is 1.62. The minimum atomic E-state index is -0.0391. The number of aromatic amines is 1. The molecule has 0 amide bonds. The van der Waals surface area contributed by atoms with Crippen molar-refractivity contribution in [1.29, 1.82) is 0 Å². The second-order valence-corrected chi connectivity index (χ2v) is 3.79. The molecule has 0 aliphatic rings. The number of ether oxygens (including phenoxy) is 1. The molecule has 1 heterocycles. The SMILES string of the molecule is COc1cccc(-c2c[nH]c(=O)s2)c1. The van der Waals surface area contributed by atoms with Gasteiger partial charge in [0.05, 0.1) is 12.0 Å². The summed E-state index contributed by atoms with van der Waals surface area (Å²) in [4.78, 5) is 14.5. The molecule has 1 N–H and O–H groups in total. The topological polar surface area (TPSA) is 42.1 Å². The van der Waals surface area contributed by atoms with Crippen LogP contribution in [0.2, 0.25) is 0 Å². The summed E-state index contributed by atoms with van der Waals surface area (Å²) in [6.07, 6.45) is 1.71. The summed E-state index contributed by atoms with van der Waals surface area (Å²) in [6, 6.07) is 7.62. The third kappa shape index (κ3) is 1.70. The Morgan fingerprint density at radius 1 is 1.43 bits per heavy atom. The van der Waals surface area contributed by atoms with Crippen molar-refractivity contribution in [2.45, 2.75) is 0 Å². The summed E-state index contributed by atoms with van der Waals surface area (Å²) in [5, 5.41) is 0. The lowest BCUT2D eigenvalue weighted by atomic mass is 10.2. The third-order valence-electron chi connectivity index (χ3n) is 1.88. The van der Waals surface area contributed by atoms with Crippen LogP contribution < -0.4 is 9.61 Å². The second-order valence-electron chi connectivity index (χ2n) is 2.77. The van der Waals surface area contributed by atoms with Crippen LogP contribution in [-0.2, 0) is 0 Å². The summed E-state index contributed by atoms with van der Waals surface area (Å²) >= 11 is 1.19. The molecule has 1 aromatic heterocycles. The predicted molar refractivity (Wildman–Crippen MR) is 56.9 cm³/mol. The fraction of sp³-hybridized carbons (Fsp3) is 0.100. The van der Waals surface area contributed by atoms with Gasteiger partial charge < -0.3 is 9.72 Å². The molecular formula is C10H9NO2S. The average molecular weight is 207 g/mol. The summed E-state index contributed by atoms with van der Waals surface area (Å²) in [5.41, 5.74) is 0.993. The van der Waals surface area contributed by atoms with Gasteiger partial charge >= 0.3 is 4.87 Å². The smallest absolute Gasteiger partial charge is 0.305 e. The Balaban J connectivity index is 2.46. The van der Waals surface area contributed by atoms with E-state index in [1.807, 2.05) is 24.3 Å². The molecule has 3 nitrogen and oxygen atoms in total. The molecule has 0 saturated carbocycles. The zero-order valence-electron chi connectivity index (χ0n) is 7.61. The fourth-order valence-electron chi connectivity index (χ4n) is 1.20. The number of hydrogen-bond donors (Lipinski definition) is 1. The first-order chi connectivity index (χ1) is 6.79. The highest BCUT2D eigenvalue weighted by Gasteiger charge is 2.01. The van der Waals surface area contributed by atoms with Crippen molar-refractivity contribution in [1.82, 2.24) is 4.98 Å². The van der Waals surface area contributed by atoms with E-state index in [0.717, 1.165) is 16.2 Å². The number of methoxy groups -OCH3 is 1. The molecule has 0 aliphatic carbocycles. The third-order valence-corrected chi connectivity index (χ3v) is 2.75. The van der Waals surface area contributed by atoms with Gasteiger partial charge in [0, 0.05) is 6.20 Å². The van der Waals surface area contributed by atoms with E-state index < -0.39 is 0 Å². The maximum Gasteiger partial charge on any atom is 0.305 e. The van der Waals surface area contributed by atoms with Crippen LogP contribution in [0.25, 0.3) is 10.4 Å². The molecule has 0 atom stereocenters. The van der Waals surface area contributed by atoms with E-state index in [2.05, 4.69) is 4.98 Å². The van der Waals surface area contributed by atoms with Crippen molar-refractivity contribution < 1.29 is 4.74 Å². The molecule has 0 spiro atoms. The first kappa shape index (κ1) is 9.02. The van der Waals surface area contributed by atoms with Crippen molar-refractivity contribution in [2.75, 3.05) is 7.11 Å². The Morgan fingerprint density at radius 2 is 2.29 bits per heavy atom. The van der Waals surface area contributed by atoms with Crippen LogP contribution in [0.5, 0.6) is 5.75 Å². The number of benzene rings is 1. The minimum Gasteiger partial charge on any atom is -0.497 e. The maximum atomic E-state index is 10.9. The highest BCUT2D eigenvalue weighted by molar-refractivity contribution is 7.12. The molecule has 4 heteroatoms. The number of nitrogens with one attached hydrogen (secondary N) is 1. The van der Waals surface area contributed by atoms with E-state index >= 15 is 0 Å². The first-order valence-electron chi connectivity index (χ1n) is 4.12. The van der Waals surface area contributed by atoms with Crippen molar-refractivity contribution in [3.8, 4) is 16.2 Å². The monoisotopic (exact) mass is 207 g/mol. The Kier molecular flexibility index (Phi) is 2.37. The quantitative estimate of drug-likeness (QED) is 0.819. The lowest BCUT2D eigenvalue weighted by molar-refractivity contribution is 0.415. The minimum absolute atomic E-state index is 0.0391. The van der Waals surface area contributed by atoms with Crippen molar-refractivity contribution in [2.24, 2.45) is 0 Å². The van der Waals surface area contributed by atoms with Crippen LogP contribution in [0.15, 0.2) is 35.3 Å². The Bertz CT molecular complexity index is 487. The molecule has 0 fully saturated rings. The normalized spacial score (nSPS) is 10.1. The number of H-pyrrole nitrogens is 1. The second kappa shape index (κ2) is 3.67. The molecule has 1 aromatic carbocycles.